The van der Waals surface area contributed by atoms with Crippen molar-refractivity contribution in [1.82, 2.24) is 5.32 Å². The van der Waals surface area contributed by atoms with E-state index in [1.54, 1.807) is 24.3 Å². The average Bonchev–Trinajstić information content (AvgIpc) is 2.71. The Morgan fingerprint density at radius 3 is 2.63 bits per heavy atom. The van der Waals surface area contributed by atoms with E-state index in [1.165, 1.54) is 5.69 Å². The normalized spacial score (nSPS) is 15.3. The van der Waals surface area contributed by atoms with E-state index in [1.807, 2.05) is 19.1 Å². The Hall–Kier alpha value is -2.24. The molecule has 1 saturated heterocycles. The average molecular weight is 389 g/mol. The largest absolute Gasteiger partial charge is 0.481 e. The van der Waals surface area contributed by atoms with E-state index in [0.29, 0.717) is 23.7 Å². The molecule has 1 aliphatic rings. The molecule has 2 aromatic rings. The molecule has 144 valence electrons. The summed E-state index contributed by atoms with van der Waals surface area (Å²) in [4.78, 5) is 14.8. The highest BCUT2D eigenvalue weighted by Crippen LogP contribution is 2.20. The quantitative estimate of drug-likeness (QED) is 0.786. The maximum atomic E-state index is 12.5. The van der Waals surface area contributed by atoms with E-state index in [9.17, 15) is 4.79 Å². The molecule has 0 spiro atoms. The minimum absolute atomic E-state index is 0.130. The highest BCUT2D eigenvalue weighted by atomic mass is 35.5. The molecule has 6 heteroatoms. The molecule has 27 heavy (non-hydrogen) atoms. The Balaban J connectivity index is 1.52. The fraction of sp³-hybridized carbons (Fsp3) is 0.381. The van der Waals surface area contributed by atoms with Crippen LogP contribution in [0, 0.1) is 0 Å². The zero-order chi connectivity index (χ0) is 19.1. The second kappa shape index (κ2) is 9.62. The molecule has 0 unspecified atom stereocenters. The van der Waals surface area contributed by atoms with Crippen molar-refractivity contribution in [2.75, 3.05) is 31.2 Å². The third-order valence-electron chi connectivity index (χ3n) is 4.52. The maximum absolute atomic E-state index is 12.5. The third-order valence-corrected chi connectivity index (χ3v) is 4.75. The van der Waals surface area contributed by atoms with Gasteiger partial charge < -0.3 is 19.7 Å². The first-order valence-corrected chi connectivity index (χ1v) is 9.65. The Labute approximate surface area is 165 Å². The number of hydrogen-bond donors (Lipinski definition) is 1. The van der Waals surface area contributed by atoms with Gasteiger partial charge in [0.15, 0.2) is 6.10 Å². The number of halogens is 1. The van der Waals surface area contributed by atoms with Crippen LogP contribution in [0.3, 0.4) is 0 Å². The summed E-state index contributed by atoms with van der Waals surface area (Å²) in [7, 11) is 0. The number of hydrogen-bond acceptors (Lipinski definition) is 4. The highest BCUT2D eigenvalue weighted by Gasteiger charge is 2.18. The van der Waals surface area contributed by atoms with Crippen LogP contribution >= 0.6 is 11.6 Å². The molecule has 0 saturated carbocycles. The Bertz CT molecular complexity index is 745. The summed E-state index contributed by atoms with van der Waals surface area (Å²) in [5.41, 5.74) is 2.24. The number of carbonyl (C=O) groups excluding carboxylic acids is 1. The number of anilines is 1. The lowest BCUT2D eigenvalue weighted by molar-refractivity contribution is -0.128. The smallest absolute Gasteiger partial charge is 0.261 e. The Kier molecular flexibility index (Phi) is 6.96. The summed E-state index contributed by atoms with van der Waals surface area (Å²) in [5.74, 6) is 0.467. The number of morpholine rings is 1. The molecule has 0 bridgehead atoms. The SMILES string of the molecule is CC[C@H](Oc1cccc(Cl)c1)C(=O)NCc1ccc(N2CCOCC2)cc1. The van der Waals surface area contributed by atoms with Crippen molar-refractivity contribution in [3.8, 4) is 5.75 Å². The molecule has 1 fully saturated rings. The van der Waals surface area contributed by atoms with Crippen molar-refractivity contribution in [2.24, 2.45) is 0 Å². The molecule has 0 radical (unpaired) electrons. The van der Waals surface area contributed by atoms with Crippen molar-refractivity contribution in [3.63, 3.8) is 0 Å². The Morgan fingerprint density at radius 2 is 1.96 bits per heavy atom. The molecule has 1 aliphatic heterocycles. The monoisotopic (exact) mass is 388 g/mol. The van der Waals surface area contributed by atoms with Gasteiger partial charge in [-0.05, 0) is 42.3 Å². The van der Waals surface area contributed by atoms with Gasteiger partial charge >= 0.3 is 0 Å². The van der Waals surface area contributed by atoms with Gasteiger partial charge in [-0.2, -0.15) is 0 Å². The first-order valence-electron chi connectivity index (χ1n) is 9.27. The van der Waals surface area contributed by atoms with Crippen LogP contribution in [0.1, 0.15) is 18.9 Å². The molecule has 3 rings (SSSR count). The predicted molar refractivity (Wildman–Crippen MR) is 107 cm³/mol. The number of nitrogens with one attached hydrogen (secondary N) is 1. The van der Waals surface area contributed by atoms with E-state index in [0.717, 1.165) is 31.9 Å². The van der Waals surface area contributed by atoms with E-state index >= 15 is 0 Å². The number of ether oxygens (including phenoxy) is 2. The second-order valence-electron chi connectivity index (χ2n) is 6.46. The predicted octanol–water partition coefficient (Wildman–Crippen LogP) is 3.65. The van der Waals surface area contributed by atoms with Crippen molar-refractivity contribution in [3.05, 3.63) is 59.1 Å². The minimum Gasteiger partial charge on any atom is -0.481 e. The zero-order valence-corrected chi connectivity index (χ0v) is 16.2. The summed E-state index contributed by atoms with van der Waals surface area (Å²) < 4.78 is 11.2. The fourth-order valence-electron chi connectivity index (χ4n) is 2.98. The van der Waals surface area contributed by atoms with E-state index in [2.05, 4.69) is 22.3 Å². The molecule has 1 amide bonds. The number of carbonyl (C=O) groups is 1. The first kappa shape index (κ1) is 19.5. The Morgan fingerprint density at radius 1 is 1.22 bits per heavy atom. The number of benzene rings is 2. The van der Waals surface area contributed by atoms with Crippen LogP contribution in [0.4, 0.5) is 5.69 Å². The van der Waals surface area contributed by atoms with E-state index in [4.69, 9.17) is 21.1 Å². The molecular weight excluding hydrogens is 364 g/mol. The standard InChI is InChI=1S/C21H25ClN2O3/c1-2-20(27-19-5-3-4-17(22)14-19)21(25)23-15-16-6-8-18(9-7-16)24-10-12-26-13-11-24/h3-9,14,20H,2,10-13,15H2,1H3,(H,23,25)/t20-/m0/s1. The van der Waals surface area contributed by atoms with Crippen LogP contribution in [-0.4, -0.2) is 38.3 Å². The van der Waals surface area contributed by atoms with E-state index < -0.39 is 6.10 Å². The lowest BCUT2D eigenvalue weighted by Gasteiger charge is -2.29. The third kappa shape index (κ3) is 5.62. The molecule has 0 aromatic heterocycles. The van der Waals surface area contributed by atoms with Gasteiger partial charge in [-0.25, -0.2) is 0 Å². The number of nitrogens with zero attached hydrogens (tertiary/aromatic N) is 1. The number of amides is 1. The van der Waals surface area contributed by atoms with Gasteiger partial charge in [-0.15, -0.1) is 0 Å². The van der Waals surface area contributed by atoms with E-state index in [-0.39, 0.29) is 5.91 Å². The second-order valence-corrected chi connectivity index (χ2v) is 6.89. The molecular formula is C21H25ClN2O3. The minimum atomic E-state index is -0.545. The van der Waals surface area contributed by atoms with Gasteiger partial charge in [-0.3, -0.25) is 4.79 Å². The van der Waals surface area contributed by atoms with Gasteiger partial charge in [0.05, 0.1) is 13.2 Å². The van der Waals surface area contributed by atoms with Crippen LogP contribution in [0.5, 0.6) is 5.75 Å². The van der Waals surface area contributed by atoms with Crippen LogP contribution in [0.25, 0.3) is 0 Å². The first-order chi connectivity index (χ1) is 13.2. The lowest BCUT2D eigenvalue weighted by atomic mass is 10.1. The molecule has 0 aliphatic carbocycles. The maximum Gasteiger partial charge on any atom is 0.261 e. The van der Waals surface area contributed by atoms with Gasteiger partial charge in [0.1, 0.15) is 5.75 Å². The van der Waals surface area contributed by atoms with Gasteiger partial charge in [0.25, 0.3) is 5.91 Å². The van der Waals surface area contributed by atoms with Crippen LogP contribution in [0.2, 0.25) is 5.02 Å². The highest BCUT2D eigenvalue weighted by molar-refractivity contribution is 6.30. The van der Waals surface area contributed by atoms with Crippen LogP contribution in [0.15, 0.2) is 48.5 Å². The summed E-state index contributed by atoms with van der Waals surface area (Å²) in [5, 5.41) is 3.54. The fourth-order valence-corrected chi connectivity index (χ4v) is 3.16. The van der Waals surface area contributed by atoms with Crippen LogP contribution in [-0.2, 0) is 16.1 Å². The van der Waals surface area contributed by atoms with Crippen molar-refractivity contribution in [2.45, 2.75) is 26.0 Å². The van der Waals surface area contributed by atoms with Crippen molar-refractivity contribution >= 4 is 23.2 Å². The summed E-state index contributed by atoms with van der Waals surface area (Å²) in [6, 6.07) is 15.4. The van der Waals surface area contributed by atoms with Crippen molar-refractivity contribution < 1.29 is 14.3 Å². The molecule has 1 heterocycles. The van der Waals surface area contributed by atoms with Gasteiger partial charge in [-0.1, -0.05) is 36.7 Å². The molecule has 5 nitrogen and oxygen atoms in total. The van der Waals surface area contributed by atoms with Crippen LogP contribution < -0.4 is 15.0 Å². The molecule has 2 aromatic carbocycles. The number of rotatable bonds is 7. The topological polar surface area (TPSA) is 50.8 Å². The van der Waals surface area contributed by atoms with Gasteiger partial charge in [0, 0.05) is 30.3 Å². The molecule has 1 atom stereocenters. The zero-order valence-electron chi connectivity index (χ0n) is 15.5. The van der Waals surface area contributed by atoms with Crippen molar-refractivity contribution in [1.29, 1.82) is 0 Å². The van der Waals surface area contributed by atoms with Gasteiger partial charge in [0.2, 0.25) is 0 Å². The lowest BCUT2D eigenvalue weighted by Crippen LogP contribution is -2.37. The summed E-state index contributed by atoms with van der Waals surface area (Å²) in [6.07, 6.45) is 0.0324. The summed E-state index contributed by atoms with van der Waals surface area (Å²) in [6.45, 7) is 5.75. The molecule has 1 N–H and O–H groups in total. The summed E-state index contributed by atoms with van der Waals surface area (Å²) >= 11 is 5.97.